The summed E-state index contributed by atoms with van der Waals surface area (Å²) in [6, 6.07) is 11.4. The van der Waals surface area contributed by atoms with E-state index in [0.717, 1.165) is 43.5 Å². The number of carbonyl (C=O) groups excluding carboxylic acids is 3. The van der Waals surface area contributed by atoms with Crippen molar-refractivity contribution in [3.63, 3.8) is 0 Å². The average molecular weight is 488 g/mol. The number of nitrogens with zero attached hydrogens (tertiary/aromatic N) is 2. The van der Waals surface area contributed by atoms with E-state index in [9.17, 15) is 14.4 Å². The number of benzene rings is 2. The highest BCUT2D eigenvalue weighted by Crippen LogP contribution is 2.33. The van der Waals surface area contributed by atoms with E-state index in [1.54, 1.807) is 6.08 Å². The van der Waals surface area contributed by atoms with Crippen molar-refractivity contribution >= 4 is 62.2 Å². The first kappa shape index (κ1) is 22.1. The minimum Gasteiger partial charge on any atom is -0.377 e. The average Bonchev–Trinajstić information content (AvgIpc) is 2.88. The number of imide groups is 1. The van der Waals surface area contributed by atoms with Crippen LogP contribution in [0.25, 0.3) is 6.08 Å². The number of amides is 3. The SMILES string of the molecule is Cc1cc(C)cc(NC(=O)CN2C(=O)S/C(=C\c3ccc(N(C)C)c(Br)c3)C2=O)c1. The molecule has 8 heteroatoms. The number of halogens is 1. The van der Waals surface area contributed by atoms with Crippen LogP contribution in [0.4, 0.5) is 16.2 Å². The number of nitrogens with one attached hydrogen (secondary N) is 1. The molecule has 3 amide bonds. The molecule has 30 heavy (non-hydrogen) atoms. The number of thioether (sulfide) groups is 1. The predicted molar refractivity (Wildman–Crippen MR) is 126 cm³/mol. The first-order valence-corrected chi connectivity index (χ1v) is 10.9. The molecule has 0 bridgehead atoms. The minimum absolute atomic E-state index is 0.295. The molecule has 0 saturated carbocycles. The fourth-order valence-corrected chi connectivity index (χ4v) is 4.74. The van der Waals surface area contributed by atoms with Crippen molar-refractivity contribution in [3.05, 3.63) is 62.5 Å². The first-order valence-electron chi connectivity index (χ1n) is 9.24. The Kier molecular flexibility index (Phi) is 6.67. The third-order valence-electron chi connectivity index (χ3n) is 4.43. The van der Waals surface area contributed by atoms with Crippen molar-refractivity contribution in [2.24, 2.45) is 0 Å². The fraction of sp³-hybridized carbons (Fsp3) is 0.227. The quantitative estimate of drug-likeness (QED) is 0.612. The van der Waals surface area contributed by atoms with Gasteiger partial charge >= 0.3 is 0 Å². The van der Waals surface area contributed by atoms with Gasteiger partial charge in [-0.05, 0) is 88.6 Å². The Labute approximate surface area is 188 Å². The molecule has 0 spiro atoms. The summed E-state index contributed by atoms with van der Waals surface area (Å²) in [5.41, 5.74) is 4.48. The van der Waals surface area contributed by atoms with Crippen molar-refractivity contribution in [3.8, 4) is 0 Å². The number of anilines is 2. The van der Waals surface area contributed by atoms with E-state index in [0.29, 0.717) is 10.6 Å². The number of rotatable bonds is 5. The van der Waals surface area contributed by atoms with Crippen molar-refractivity contribution in [2.45, 2.75) is 13.8 Å². The monoisotopic (exact) mass is 487 g/mol. The second-order valence-corrected chi connectivity index (χ2v) is 9.15. The lowest BCUT2D eigenvalue weighted by atomic mass is 10.1. The molecule has 0 aliphatic carbocycles. The number of hydrogen-bond acceptors (Lipinski definition) is 5. The number of aryl methyl sites for hydroxylation is 2. The van der Waals surface area contributed by atoms with Gasteiger partial charge in [0.05, 0.1) is 10.6 Å². The molecule has 2 aromatic rings. The lowest BCUT2D eigenvalue weighted by Gasteiger charge is -2.14. The highest BCUT2D eigenvalue weighted by molar-refractivity contribution is 9.10. The van der Waals surface area contributed by atoms with Crippen LogP contribution in [0.2, 0.25) is 0 Å². The maximum atomic E-state index is 12.7. The Morgan fingerprint density at radius 3 is 2.40 bits per heavy atom. The van der Waals surface area contributed by atoms with Gasteiger partial charge in [-0.3, -0.25) is 19.3 Å². The van der Waals surface area contributed by atoms with E-state index in [1.165, 1.54) is 0 Å². The molecule has 1 heterocycles. The van der Waals surface area contributed by atoms with Gasteiger partial charge in [0.15, 0.2) is 0 Å². The lowest BCUT2D eigenvalue weighted by molar-refractivity contribution is -0.127. The lowest BCUT2D eigenvalue weighted by Crippen LogP contribution is -2.36. The van der Waals surface area contributed by atoms with E-state index in [2.05, 4.69) is 21.2 Å². The predicted octanol–water partition coefficient (Wildman–Crippen LogP) is 4.81. The number of hydrogen-bond donors (Lipinski definition) is 1. The Balaban J connectivity index is 1.72. The van der Waals surface area contributed by atoms with Gasteiger partial charge in [-0.1, -0.05) is 12.1 Å². The summed E-state index contributed by atoms with van der Waals surface area (Å²) in [7, 11) is 3.88. The Hall–Kier alpha value is -2.58. The Bertz CT molecular complexity index is 1050. The van der Waals surface area contributed by atoms with Crippen LogP contribution in [0.5, 0.6) is 0 Å². The summed E-state index contributed by atoms with van der Waals surface area (Å²) in [6.07, 6.45) is 1.66. The molecule has 156 valence electrons. The Morgan fingerprint density at radius 2 is 1.80 bits per heavy atom. The molecule has 3 rings (SSSR count). The summed E-state index contributed by atoms with van der Waals surface area (Å²) in [6.45, 7) is 3.55. The molecule has 0 aromatic heterocycles. The van der Waals surface area contributed by atoms with Crippen LogP contribution in [0.1, 0.15) is 16.7 Å². The van der Waals surface area contributed by atoms with Crippen LogP contribution < -0.4 is 10.2 Å². The summed E-state index contributed by atoms with van der Waals surface area (Å²) >= 11 is 4.36. The summed E-state index contributed by atoms with van der Waals surface area (Å²) in [5, 5.41) is 2.30. The molecule has 1 saturated heterocycles. The zero-order valence-electron chi connectivity index (χ0n) is 17.2. The van der Waals surface area contributed by atoms with E-state index in [4.69, 9.17) is 0 Å². The number of carbonyl (C=O) groups is 3. The van der Waals surface area contributed by atoms with Crippen molar-refractivity contribution in [1.29, 1.82) is 0 Å². The van der Waals surface area contributed by atoms with Crippen molar-refractivity contribution in [1.82, 2.24) is 4.90 Å². The Morgan fingerprint density at radius 1 is 1.13 bits per heavy atom. The van der Waals surface area contributed by atoms with Gasteiger partial charge < -0.3 is 10.2 Å². The highest BCUT2D eigenvalue weighted by atomic mass is 79.9. The van der Waals surface area contributed by atoms with Crippen LogP contribution in [0.3, 0.4) is 0 Å². The zero-order valence-corrected chi connectivity index (χ0v) is 19.6. The zero-order chi connectivity index (χ0) is 22.0. The normalized spacial score (nSPS) is 15.1. The summed E-state index contributed by atoms with van der Waals surface area (Å²) < 4.78 is 0.883. The van der Waals surface area contributed by atoms with Crippen LogP contribution in [0.15, 0.2) is 45.8 Å². The van der Waals surface area contributed by atoms with Gasteiger partial charge in [0.1, 0.15) is 6.54 Å². The maximum Gasteiger partial charge on any atom is 0.294 e. The van der Waals surface area contributed by atoms with Gasteiger partial charge in [-0.15, -0.1) is 0 Å². The molecular formula is C22H22BrN3O3S. The standard InChI is InChI=1S/C22H22BrN3O3S/c1-13-7-14(2)9-16(8-13)24-20(27)12-26-21(28)19(30-22(26)29)11-15-5-6-18(25(3)4)17(23)10-15/h5-11H,12H2,1-4H3,(H,24,27)/b19-11-. The summed E-state index contributed by atoms with van der Waals surface area (Å²) in [4.78, 5) is 40.6. The fourth-order valence-electron chi connectivity index (χ4n) is 3.15. The van der Waals surface area contributed by atoms with E-state index in [-0.39, 0.29) is 6.54 Å². The van der Waals surface area contributed by atoms with Crippen molar-refractivity contribution < 1.29 is 14.4 Å². The van der Waals surface area contributed by atoms with Gasteiger partial charge in [0.2, 0.25) is 5.91 Å². The van der Waals surface area contributed by atoms with Crippen LogP contribution >= 0.6 is 27.7 Å². The highest BCUT2D eigenvalue weighted by Gasteiger charge is 2.36. The van der Waals surface area contributed by atoms with Gasteiger partial charge in [-0.2, -0.15) is 0 Å². The molecule has 0 unspecified atom stereocenters. The largest absolute Gasteiger partial charge is 0.377 e. The third-order valence-corrected chi connectivity index (χ3v) is 5.97. The second-order valence-electron chi connectivity index (χ2n) is 7.30. The van der Waals surface area contributed by atoms with Crippen LogP contribution in [-0.4, -0.2) is 42.6 Å². The molecule has 0 radical (unpaired) electrons. The smallest absolute Gasteiger partial charge is 0.294 e. The molecule has 6 nitrogen and oxygen atoms in total. The first-order chi connectivity index (χ1) is 14.1. The van der Waals surface area contributed by atoms with E-state index in [1.807, 2.05) is 69.2 Å². The van der Waals surface area contributed by atoms with Crippen LogP contribution in [0, 0.1) is 13.8 Å². The molecule has 1 aliphatic heterocycles. The molecule has 1 aliphatic rings. The molecule has 1 fully saturated rings. The van der Waals surface area contributed by atoms with Crippen LogP contribution in [-0.2, 0) is 9.59 Å². The van der Waals surface area contributed by atoms with Gasteiger partial charge in [0, 0.05) is 24.3 Å². The summed E-state index contributed by atoms with van der Waals surface area (Å²) in [5.74, 6) is -0.880. The van der Waals surface area contributed by atoms with Crippen molar-refractivity contribution in [2.75, 3.05) is 30.9 Å². The maximum absolute atomic E-state index is 12.7. The minimum atomic E-state index is -0.464. The van der Waals surface area contributed by atoms with Gasteiger partial charge in [-0.25, -0.2) is 0 Å². The van der Waals surface area contributed by atoms with E-state index >= 15 is 0 Å². The molecule has 0 atom stereocenters. The van der Waals surface area contributed by atoms with E-state index < -0.39 is 17.1 Å². The molecular weight excluding hydrogens is 466 g/mol. The second kappa shape index (κ2) is 9.06. The third kappa shape index (κ3) is 5.12. The molecule has 2 aromatic carbocycles. The molecule has 1 N–H and O–H groups in total. The topological polar surface area (TPSA) is 69.7 Å². The van der Waals surface area contributed by atoms with Gasteiger partial charge in [0.25, 0.3) is 11.1 Å².